The molecule has 1 N–H and O–H groups in total. The summed E-state index contributed by atoms with van der Waals surface area (Å²) in [5.41, 5.74) is 0.0109. The van der Waals surface area contributed by atoms with Crippen LogP contribution < -0.4 is 10.7 Å². The maximum absolute atomic E-state index is 11.7. The highest BCUT2D eigenvalue weighted by atomic mass is 35.5. The van der Waals surface area contributed by atoms with Crippen LogP contribution in [-0.4, -0.2) is 15.9 Å². The second kappa shape index (κ2) is 3.88. The Morgan fingerprint density at radius 1 is 1.62 bits per heavy atom. The average Bonchev–Trinajstić information content (AvgIpc) is 2.56. The molecule has 0 radical (unpaired) electrons. The zero-order chi connectivity index (χ0) is 11.9. The van der Waals surface area contributed by atoms with E-state index in [9.17, 15) is 14.7 Å². The Morgan fingerprint density at radius 2 is 2.31 bits per heavy atom. The number of hydrogen-bond donors (Lipinski definition) is 1. The maximum Gasteiger partial charge on any atom is 0.259 e. The maximum atomic E-state index is 11.7. The van der Waals surface area contributed by atoms with Crippen LogP contribution in [0.2, 0.25) is 0 Å². The topological polar surface area (TPSA) is 85.9 Å². The molecule has 0 bridgehead atoms. The van der Waals surface area contributed by atoms with Crippen LogP contribution in [0.1, 0.15) is 21.1 Å². The number of hydrogen-bond acceptors (Lipinski definition) is 5. The van der Waals surface area contributed by atoms with Gasteiger partial charge in [-0.25, -0.2) is 4.98 Å². The third-order valence-electron chi connectivity index (χ3n) is 2.16. The van der Waals surface area contributed by atoms with Gasteiger partial charge in [0.1, 0.15) is 10.7 Å². The summed E-state index contributed by atoms with van der Waals surface area (Å²) in [5.74, 6) is -0.902. The quantitative estimate of drug-likeness (QED) is 0.789. The van der Waals surface area contributed by atoms with Crippen molar-refractivity contribution in [3.8, 4) is 0 Å². The summed E-state index contributed by atoms with van der Waals surface area (Å²) in [6.07, 6.45) is 0. The van der Waals surface area contributed by atoms with Crippen molar-refractivity contribution in [2.75, 3.05) is 0 Å². The number of carboxylic acids is 1. The summed E-state index contributed by atoms with van der Waals surface area (Å²) in [4.78, 5) is 29.4. The lowest BCUT2D eigenvalue weighted by molar-refractivity contribution is -0.254. The largest absolute Gasteiger partial charge is 0.544 e. The van der Waals surface area contributed by atoms with Crippen molar-refractivity contribution in [1.82, 2.24) is 9.97 Å². The Bertz CT molecular complexity index is 631. The molecule has 0 atom stereocenters. The number of carboxylic acid groups (broad SMARTS) is 1. The molecule has 0 aromatic carbocycles. The number of aryl methyl sites for hydroxylation is 1. The first-order valence-electron chi connectivity index (χ1n) is 4.34. The highest BCUT2D eigenvalue weighted by Crippen LogP contribution is 2.26. The number of nitrogens with zero attached hydrogens (tertiary/aromatic N) is 1. The van der Waals surface area contributed by atoms with E-state index in [0.717, 1.165) is 11.3 Å². The molecule has 16 heavy (non-hydrogen) atoms. The molecule has 0 saturated heterocycles. The third-order valence-corrected chi connectivity index (χ3v) is 3.58. The van der Waals surface area contributed by atoms with Gasteiger partial charge in [-0.2, -0.15) is 0 Å². The standard InChI is InChI=1S/C9H7ClN2O3S/c1-3-5-7(13)11-4(2-10)12-8(5)16-6(3)9(14)15/h2H2,1H3,(H,14,15)(H,11,12,13)/p-1. The molecule has 0 saturated carbocycles. The SMILES string of the molecule is Cc1c(C(=O)[O-])sc2nc(CCl)[nH]c(=O)c12. The van der Waals surface area contributed by atoms with Gasteiger partial charge in [-0.3, -0.25) is 4.79 Å². The molecule has 84 valence electrons. The van der Waals surface area contributed by atoms with Gasteiger partial charge in [0.05, 0.1) is 22.1 Å². The second-order valence-electron chi connectivity index (χ2n) is 3.17. The van der Waals surface area contributed by atoms with E-state index >= 15 is 0 Å². The first kappa shape index (κ1) is 11.1. The molecule has 0 aliphatic heterocycles. The van der Waals surface area contributed by atoms with Crippen molar-refractivity contribution in [3.63, 3.8) is 0 Å². The van der Waals surface area contributed by atoms with E-state index in [4.69, 9.17) is 11.6 Å². The van der Waals surface area contributed by atoms with E-state index in [-0.39, 0.29) is 21.7 Å². The number of rotatable bonds is 2. The lowest BCUT2D eigenvalue weighted by Gasteiger charge is -1.97. The Kier molecular flexibility index (Phi) is 2.69. The average molecular weight is 258 g/mol. The molecule has 0 fully saturated rings. The summed E-state index contributed by atoms with van der Waals surface area (Å²) < 4.78 is 0. The molecule has 0 amide bonds. The predicted octanol–water partition coefficient (Wildman–Crippen LogP) is 0.395. The van der Waals surface area contributed by atoms with E-state index in [1.165, 1.54) is 0 Å². The lowest BCUT2D eigenvalue weighted by atomic mass is 10.2. The first-order chi connectivity index (χ1) is 7.54. The van der Waals surface area contributed by atoms with E-state index in [2.05, 4.69) is 9.97 Å². The first-order valence-corrected chi connectivity index (χ1v) is 5.69. The molecule has 0 unspecified atom stereocenters. The number of halogens is 1. The number of carbonyl (C=O) groups excluding carboxylic acids is 1. The van der Waals surface area contributed by atoms with Crippen molar-refractivity contribution in [2.45, 2.75) is 12.8 Å². The normalized spacial score (nSPS) is 10.9. The fraction of sp³-hybridized carbons (Fsp3) is 0.222. The summed E-state index contributed by atoms with van der Waals surface area (Å²) in [5, 5.41) is 11.1. The molecule has 2 aromatic heterocycles. The minimum Gasteiger partial charge on any atom is -0.544 e. The van der Waals surface area contributed by atoms with E-state index < -0.39 is 5.97 Å². The van der Waals surface area contributed by atoms with Gasteiger partial charge < -0.3 is 14.9 Å². The zero-order valence-electron chi connectivity index (χ0n) is 8.17. The van der Waals surface area contributed by atoms with Gasteiger partial charge in [-0.05, 0) is 12.5 Å². The Hall–Kier alpha value is -1.40. The molecule has 2 aromatic rings. The van der Waals surface area contributed by atoms with Gasteiger partial charge in [0.2, 0.25) is 0 Å². The Balaban J connectivity index is 2.86. The van der Waals surface area contributed by atoms with E-state index in [0.29, 0.717) is 16.2 Å². The smallest absolute Gasteiger partial charge is 0.259 e. The molecule has 0 spiro atoms. The number of carbonyl (C=O) groups is 1. The molecule has 5 nitrogen and oxygen atoms in total. The van der Waals surface area contributed by atoms with Gasteiger partial charge in [0.15, 0.2) is 0 Å². The van der Waals surface area contributed by atoms with Gasteiger partial charge >= 0.3 is 0 Å². The summed E-state index contributed by atoms with van der Waals surface area (Å²) in [6, 6.07) is 0. The molecule has 0 aliphatic carbocycles. The van der Waals surface area contributed by atoms with Crippen LogP contribution in [0, 0.1) is 6.92 Å². The highest BCUT2D eigenvalue weighted by molar-refractivity contribution is 7.20. The lowest BCUT2D eigenvalue weighted by Crippen LogP contribution is -2.21. The minimum atomic E-state index is -1.30. The van der Waals surface area contributed by atoms with Crippen molar-refractivity contribution in [3.05, 3.63) is 26.6 Å². The second-order valence-corrected chi connectivity index (χ2v) is 4.44. The van der Waals surface area contributed by atoms with Crippen LogP contribution in [0.15, 0.2) is 4.79 Å². The minimum absolute atomic E-state index is 0.0275. The van der Waals surface area contributed by atoms with Crippen molar-refractivity contribution >= 4 is 39.1 Å². The molecule has 7 heteroatoms. The molecular formula is C9H6ClN2O3S-. The van der Waals surface area contributed by atoms with Crippen LogP contribution in [0.3, 0.4) is 0 Å². The number of nitrogens with one attached hydrogen (secondary N) is 1. The third kappa shape index (κ3) is 1.60. The monoisotopic (exact) mass is 257 g/mol. The fourth-order valence-corrected chi connectivity index (χ4v) is 2.61. The fourth-order valence-electron chi connectivity index (χ4n) is 1.45. The number of aromatic carboxylic acids is 1. The highest BCUT2D eigenvalue weighted by Gasteiger charge is 2.14. The van der Waals surface area contributed by atoms with Gasteiger partial charge in [-0.15, -0.1) is 22.9 Å². The number of H-pyrrole nitrogens is 1. The molecule has 0 aliphatic rings. The number of alkyl halides is 1. The molecule has 2 rings (SSSR count). The number of aromatic nitrogens is 2. The molecule has 2 heterocycles. The number of fused-ring (bicyclic) bond motifs is 1. The van der Waals surface area contributed by atoms with Gasteiger partial charge in [0, 0.05) is 0 Å². The van der Waals surface area contributed by atoms with E-state index in [1.807, 2.05) is 0 Å². The number of aromatic amines is 1. The van der Waals surface area contributed by atoms with Crippen LogP contribution >= 0.6 is 22.9 Å². The molecular weight excluding hydrogens is 252 g/mol. The summed E-state index contributed by atoms with van der Waals surface area (Å²) >= 11 is 6.48. The van der Waals surface area contributed by atoms with Crippen LogP contribution in [0.4, 0.5) is 0 Å². The van der Waals surface area contributed by atoms with Crippen LogP contribution in [0.5, 0.6) is 0 Å². The van der Waals surface area contributed by atoms with Crippen LogP contribution in [0.25, 0.3) is 10.2 Å². The van der Waals surface area contributed by atoms with Gasteiger partial charge in [-0.1, -0.05) is 0 Å². The van der Waals surface area contributed by atoms with Crippen LogP contribution in [-0.2, 0) is 5.88 Å². The van der Waals surface area contributed by atoms with Crippen molar-refractivity contribution in [2.24, 2.45) is 0 Å². The van der Waals surface area contributed by atoms with Gasteiger partial charge in [0.25, 0.3) is 5.56 Å². The van der Waals surface area contributed by atoms with Crippen molar-refractivity contribution in [1.29, 1.82) is 0 Å². The van der Waals surface area contributed by atoms with E-state index in [1.54, 1.807) is 6.92 Å². The number of thiophene rings is 1. The van der Waals surface area contributed by atoms with Crippen molar-refractivity contribution < 1.29 is 9.90 Å². The zero-order valence-corrected chi connectivity index (χ0v) is 9.74. The summed E-state index contributed by atoms with van der Waals surface area (Å²) in [7, 11) is 0. The Labute approximate surface area is 98.7 Å². The predicted molar refractivity (Wildman–Crippen MR) is 58.9 cm³/mol. The Morgan fingerprint density at radius 3 is 2.88 bits per heavy atom. The summed E-state index contributed by atoms with van der Waals surface area (Å²) in [6.45, 7) is 1.56.